The van der Waals surface area contributed by atoms with E-state index in [-0.39, 0.29) is 18.2 Å². The third kappa shape index (κ3) is 2.63. The van der Waals surface area contributed by atoms with Crippen LogP contribution in [-0.2, 0) is 19.1 Å². The molecule has 1 saturated carbocycles. The minimum Gasteiger partial charge on any atom is -0.460 e. The van der Waals surface area contributed by atoms with Crippen molar-refractivity contribution in [1.29, 1.82) is 0 Å². The topological polar surface area (TPSA) is 52.6 Å². The predicted octanol–water partition coefficient (Wildman–Crippen LogP) is 3.07. The molecule has 2 saturated heterocycles. The third-order valence-corrected chi connectivity index (χ3v) is 5.77. The average Bonchev–Trinajstić information content (AvgIpc) is 3.06. The fourth-order valence-corrected chi connectivity index (χ4v) is 4.37. The molecule has 0 spiro atoms. The summed E-state index contributed by atoms with van der Waals surface area (Å²) in [7, 11) is 0. The highest BCUT2D eigenvalue weighted by atomic mass is 16.6. The number of carbonyl (C=O) groups is 1. The van der Waals surface area contributed by atoms with Gasteiger partial charge in [0.25, 0.3) is 0 Å². The summed E-state index contributed by atoms with van der Waals surface area (Å²) in [5.74, 6) is 3.22. The van der Waals surface area contributed by atoms with E-state index in [0.29, 0.717) is 36.2 Å². The largest absolute Gasteiger partial charge is 0.460 e. The van der Waals surface area contributed by atoms with E-state index < -0.39 is 5.60 Å². The second kappa shape index (κ2) is 5.82. The molecular weight excluding hydrogens is 280 g/mol. The van der Waals surface area contributed by atoms with E-state index in [2.05, 4.69) is 20.8 Å². The van der Waals surface area contributed by atoms with E-state index >= 15 is 0 Å². The third-order valence-electron chi connectivity index (χ3n) is 5.77. The van der Waals surface area contributed by atoms with Crippen LogP contribution < -0.4 is 0 Å². The lowest BCUT2D eigenvalue weighted by molar-refractivity contribution is -0.177. The minimum atomic E-state index is -0.903. The van der Waals surface area contributed by atoms with Crippen LogP contribution in [0.5, 0.6) is 0 Å². The van der Waals surface area contributed by atoms with Gasteiger partial charge in [0, 0.05) is 12.0 Å². The van der Waals surface area contributed by atoms with E-state index in [1.807, 2.05) is 5.94 Å². The Kier molecular flexibility index (Phi) is 4.17. The first-order valence-corrected chi connectivity index (χ1v) is 8.58. The van der Waals surface area contributed by atoms with Gasteiger partial charge in [-0.1, -0.05) is 27.2 Å². The molecule has 0 amide bonds. The van der Waals surface area contributed by atoms with Gasteiger partial charge in [-0.25, -0.2) is 9.59 Å². The van der Waals surface area contributed by atoms with Crippen LogP contribution in [0.2, 0.25) is 0 Å². The SMILES string of the molecule is CC1CCC(C(C)C)C(OC(=O)C23CCC(O2)C(=C=O)C3)C1. The van der Waals surface area contributed by atoms with E-state index in [1.54, 1.807) is 0 Å². The van der Waals surface area contributed by atoms with Crippen molar-refractivity contribution in [1.82, 2.24) is 0 Å². The number of rotatable bonds is 3. The fourth-order valence-electron chi connectivity index (χ4n) is 4.37. The Morgan fingerprint density at radius 2 is 2.14 bits per heavy atom. The molecule has 22 heavy (non-hydrogen) atoms. The van der Waals surface area contributed by atoms with Crippen molar-refractivity contribution in [2.75, 3.05) is 0 Å². The molecular formula is C18H26O4. The summed E-state index contributed by atoms with van der Waals surface area (Å²) in [6.07, 6.45) is 4.79. The van der Waals surface area contributed by atoms with Gasteiger partial charge in [-0.2, -0.15) is 0 Å². The zero-order valence-electron chi connectivity index (χ0n) is 13.8. The van der Waals surface area contributed by atoms with Crippen LogP contribution in [0.1, 0.15) is 59.3 Å². The zero-order chi connectivity index (χ0) is 15.9. The Bertz CT molecular complexity index is 505. The van der Waals surface area contributed by atoms with Gasteiger partial charge in [-0.05, 0) is 43.4 Å². The molecule has 4 nitrogen and oxygen atoms in total. The van der Waals surface area contributed by atoms with Gasteiger partial charge in [0.05, 0.1) is 6.10 Å². The quantitative estimate of drug-likeness (QED) is 0.594. The maximum atomic E-state index is 12.7. The molecule has 4 heteroatoms. The summed E-state index contributed by atoms with van der Waals surface area (Å²) in [6.45, 7) is 6.62. The molecule has 0 N–H and O–H groups in total. The molecule has 2 bridgehead atoms. The molecule has 122 valence electrons. The van der Waals surface area contributed by atoms with Crippen LogP contribution in [0.4, 0.5) is 0 Å². The van der Waals surface area contributed by atoms with Crippen molar-refractivity contribution in [2.24, 2.45) is 17.8 Å². The molecule has 2 aliphatic heterocycles. The van der Waals surface area contributed by atoms with Crippen molar-refractivity contribution in [3.05, 3.63) is 5.57 Å². The summed E-state index contributed by atoms with van der Waals surface area (Å²) >= 11 is 0. The highest BCUT2D eigenvalue weighted by Crippen LogP contribution is 2.47. The number of esters is 1. The summed E-state index contributed by atoms with van der Waals surface area (Å²) in [5.41, 5.74) is -0.305. The van der Waals surface area contributed by atoms with Gasteiger partial charge in [0.15, 0.2) is 5.60 Å². The molecule has 5 atom stereocenters. The van der Waals surface area contributed by atoms with Crippen molar-refractivity contribution < 1.29 is 19.1 Å². The molecule has 5 unspecified atom stereocenters. The van der Waals surface area contributed by atoms with Crippen molar-refractivity contribution in [3.8, 4) is 0 Å². The van der Waals surface area contributed by atoms with E-state index in [0.717, 1.165) is 19.3 Å². The lowest BCUT2D eigenvalue weighted by Crippen LogP contribution is -2.43. The molecule has 0 aromatic carbocycles. The summed E-state index contributed by atoms with van der Waals surface area (Å²) in [5, 5.41) is 0. The molecule has 3 rings (SSSR count). The van der Waals surface area contributed by atoms with E-state index in [4.69, 9.17) is 9.47 Å². The number of ether oxygens (including phenoxy) is 2. The highest BCUT2D eigenvalue weighted by molar-refractivity contribution is 5.83. The summed E-state index contributed by atoms with van der Waals surface area (Å²) in [6, 6.07) is 0. The number of hydrogen-bond donors (Lipinski definition) is 0. The Hall–Kier alpha value is -1.12. The fraction of sp³-hybridized carbons (Fsp3) is 0.833. The first kappa shape index (κ1) is 15.8. The maximum absolute atomic E-state index is 12.7. The Morgan fingerprint density at radius 3 is 2.77 bits per heavy atom. The van der Waals surface area contributed by atoms with Gasteiger partial charge in [-0.15, -0.1) is 0 Å². The van der Waals surface area contributed by atoms with Crippen LogP contribution in [0, 0.1) is 17.8 Å². The average molecular weight is 306 g/mol. The molecule has 3 fully saturated rings. The minimum absolute atomic E-state index is 0.0162. The molecule has 0 aromatic heterocycles. The van der Waals surface area contributed by atoms with Gasteiger partial charge in [-0.3, -0.25) is 0 Å². The first-order chi connectivity index (χ1) is 10.4. The van der Waals surface area contributed by atoms with Crippen LogP contribution in [0.3, 0.4) is 0 Å². The Balaban J connectivity index is 1.72. The maximum Gasteiger partial charge on any atom is 0.339 e. The number of fused-ring (bicyclic) bond motifs is 2. The van der Waals surface area contributed by atoms with Gasteiger partial charge < -0.3 is 9.47 Å². The van der Waals surface area contributed by atoms with E-state index in [9.17, 15) is 9.59 Å². The lowest BCUT2D eigenvalue weighted by Gasteiger charge is -2.38. The molecule has 1 aliphatic carbocycles. The lowest BCUT2D eigenvalue weighted by atomic mass is 9.75. The van der Waals surface area contributed by atoms with Gasteiger partial charge in [0.1, 0.15) is 12.0 Å². The second-order valence-electron chi connectivity index (χ2n) is 7.71. The second-order valence-corrected chi connectivity index (χ2v) is 7.71. The standard InChI is InChI=1S/C18H26O4/c1-11(2)14-5-4-12(3)8-16(14)21-17(20)18-7-6-15(22-18)13(9-18)10-19/h11-12,14-16H,4-9H2,1-3H3. The van der Waals surface area contributed by atoms with Gasteiger partial charge >= 0.3 is 5.97 Å². The summed E-state index contributed by atoms with van der Waals surface area (Å²) in [4.78, 5) is 23.7. The normalized spacial score (nSPS) is 40.8. The van der Waals surface area contributed by atoms with Crippen LogP contribution in [-0.4, -0.2) is 29.7 Å². The smallest absolute Gasteiger partial charge is 0.339 e. The van der Waals surface area contributed by atoms with Crippen LogP contribution in [0.15, 0.2) is 5.57 Å². The van der Waals surface area contributed by atoms with E-state index in [1.165, 1.54) is 6.42 Å². The van der Waals surface area contributed by atoms with Crippen molar-refractivity contribution in [3.63, 3.8) is 0 Å². The molecule has 2 heterocycles. The number of carbonyl (C=O) groups excluding carboxylic acids is 2. The Morgan fingerprint density at radius 1 is 1.36 bits per heavy atom. The van der Waals surface area contributed by atoms with Crippen LogP contribution in [0.25, 0.3) is 0 Å². The first-order valence-electron chi connectivity index (χ1n) is 8.58. The molecule has 0 aromatic rings. The highest BCUT2D eigenvalue weighted by Gasteiger charge is 2.56. The summed E-state index contributed by atoms with van der Waals surface area (Å²) < 4.78 is 11.7. The number of hydrogen-bond acceptors (Lipinski definition) is 4. The van der Waals surface area contributed by atoms with Crippen molar-refractivity contribution >= 4 is 11.9 Å². The van der Waals surface area contributed by atoms with Gasteiger partial charge in [0.2, 0.25) is 0 Å². The van der Waals surface area contributed by atoms with Crippen molar-refractivity contribution in [2.45, 2.75) is 77.1 Å². The van der Waals surface area contributed by atoms with Crippen LogP contribution >= 0.6 is 0 Å². The monoisotopic (exact) mass is 306 g/mol. The Labute approximate surface area is 132 Å². The predicted molar refractivity (Wildman–Crippen MR) is 81.9 cm³/mol. The molecule has 3 aliphatic rings. The zero-order valence-corrected chi connectivity index (χ0v) is 13.8. The molecule has 0 radical (unpaired) electrons.